The van der Waals surface area contributed by atoms with Crippen LogP contribution in [0.1, 0.15) is 85.5 Å². The molecule has 0 aliphatic carbocycles. The van der Waals surface area contributed by atoms with E-state index in [-0.39, 0.29) is 0 Å². The number of nitrogens with one attached hydrogen (secondary N) is 1. The Labute approximate surface area is 126 Å². The molecule has 0 heterocycles. The molecule has 0 amide bonds. The monoisotopic (exact) mass is 287 g/mol. The summed E-state index contributed by atoms with van der Waals surface area (Å²) in [5.41, 5.74) is 0. The van der Waals surface area contributed by atoms with Gasteiger partial charge in [0.05, 0.1) is 0 Å². The maximum atomic E-state index is 3.65. The van der Waals surface area contributed by atoms with Gasteiger partial charge in [-0.1, -0.05) is 72.6 Å². The summed E-state index contributed by atoms with van der Waals surface area (Å²) in [4.78, 5) is 0. The van der Waals surface area contributed by atoms with Gasteiger partial charge in [-0.15, -0.1) is 0 Å². The van der Waals surface area contributed by atoms with Gasteiger partial charge in [0.1, 0.15) is 0 Å². The summed E-state index contributed by atoms with van der Waals surface area (Å²) >= 11 is 2.14. The van der Waals surface area contributed by atoms with E-state index >= 15 is 0 Å². The second kappa shape index (κ2) is 14.7. The molecule has 2 unspecified atom stereocenters. The number of hydrogen-bond acceptors (Lipinski definition) is 2. The Morgan fingerprint density at radius 3 is 2.11 bits per heavy atom. The first kappa shape index (κ1) is 19.3. The van der Waals surface area contributed by atoms with Crippen molar-refractivity contribution < 1.29 is 0 Å². The van der Waals surface area contributed by atoms with Crippen LogP contribution < -0.4 is 5.32 Å². The van der Waals surface area contributed by atoms with Gasteiger partial charge in [0.15, 0.2) is 0 Å². The lowest BCUT2D eigenvalue weighted by molar-refractivity contribution is 0.492. The van der Waals surface area contributed by atoms with Crippen LogP contribution in [0.3, 0.4) is 0 Å². The number of thioether (sulfide) groups is 1. The predicted octanol–water partition coefficient (Wildman–Crippen LogP) is 5.64. The number of hydrogen-bond donors (Lipinski definition) is 1. The molecule has 1 nitrogen and oxygen atoms in total. The zero-order valence-corrected chi connectivity index (χ0v) is 14.7. The van der Waals surface area contributed by atoms with E-state index in [1.807, 2.05) is 0 Å². The van der Waals surface area contributed by atoms with Crippen molar-refractivity contribution in [2.45, 2.75) is 96.8 Å². The van der Waals surface area contributed by atoms with E-state index in [1.165, 1.54) is 63.5 Å². The standard InChI is InChI=1S/C17H37NS/c1-5-8-9-10-11-12-13-14-17(18-7-3)15-19-16(4)6-2/h16-18H,5-15H2,1-4H3. The van der Waals surface area contributed by atoms with Gasteiger partial charge >= 0.3 is 0 Å². The smallest absolute Gasteiger partial charge is 0.0158 e. The Morgan fingerprint density at radius 1 is 0.895 bits per heavy atom. The topological polar surface area (TPSA) is 12.0 Å². The van der Waals surface area contributed by atoms with Crippen LogP contribution in [0.4, 0.5) is 0 Å². The van der Waals surface area contributed by atoms with Crippen molar-refractivity contribution in [3.8, 4) is 0 Å². The van der Waals surface area contributed by atoms with Crippen LogP contribution in [-0.2, 0) is 0 Å². The summed E-state index contributed by atoms with van der Waals surface area (Å²) in [7, 11) is 0. The molecule has 0 aromatic heterocycles. The van der Waals surface area contributed by atoms with E-state index in [1.54, 1.807) is 0 Å². The minimum atomic E-state index is 0.736. The lowest BCUT2D eigenvalue weighted by Crippen LogP contribution is -2.31. The highest BCUT2D eigenvalue weighted by Gasteiger charge is 2.09. The molecular formula is C17H37NS. The highest BCUT2D eigenvalue weighted by atomic mass is 32.2. The second-order valence-corrected chi connectivity index (χ2v) is 7.19. The maximum Gasteiger partial charge on any atom is 0.0158 e. The van der Waals surface area contributed by atoms with E-state index in [2.05, 4.69) is 44.8 Å². The fourth-order valence-electron chi connectivity index (χ4n) is 2.28. The Kier molecular flexibility index (Phi) is 15.0. The van der Waals surface area contributed by atoms with Crippen molar-refractivity contribution in [2.75, 3.05) is 12.3 Å². The summed E-state index contributed by atoms with van der Waals surface area (Å²) < 4.78 is 0. The van der Waals surface area contributed by atoms with E-state index in [4.69, 9.17) is 0 Å². The van der Waals surface area contributed by atoms with Crippen molar-refractivity contribution in [1.82, 2.24) is 5.32 Å². The van der Waals surface area contributed by atoms with Gasteiger partial charge in [0.2, 0.25) is 0 Å². The van der Waals surface area contributed by atoms with Crippen LogP contribution in [0.25, 0.3) is 0 Å². The van der Waals surface area contributed by atoms with Crippen LogP contribution in [0.2, 0.25) is 0 Å². The fraction of sp³-hybridized carbons (Fsp3) is 1.00. The Bertz CT molecular complexity index is 173. The molecule has 0 bridgehead atoms. The van der Waals surface area contributed by atoms with Crippen molar-refractivity contribution in [3.05, 3.63) is 0 Å². The summed E-state index contributed by atoms with van der Waals surface area (Å²) in [6.45, 7) is 10.3. The molecule has 0 aliphatic heterocycles. The first-order valence-electron chi connectivity index (χ1n) is 8.59. The summed E-state index contributed by atoms with van der Waals surface area (Å²) in [5.74, 6) is 1.29. The molecule has 0 aromatic rings. The normalized spacial score (nSPS) is 14.5. The van der Waals surface area contributed by atoms with Gasteiger partial charge in [-0.3, -0.25) is 0 Å². The van der Waals surface area contributed by atoms with Crippen molar-refractivity contribution in [2.24, 2.45) is 0 Å². The Morgan fingerprint density at radius 2 is 1.53 bits per heavy atom. The van der Waals surface area contributed by atoms with Crippen molar-refractivity contribution in [1.29, 1.82) is 0 Å². The third kappa shape index (κ3) is 13.1. The molecule has 0 aliphatic rings. The molecule has 0 saturated heterocycles. The van der Waals surface area contributed by atoms with E-state index < -0.39 is 0 Å². The average molecular weight is 288 g/mol. The van der Waals surface area contributed by atoms with Gasteiger partial charge in [-0.25, -0.2) is 0 Å². The lowest BCUT2D eigenvalue weighted by atomic mass is 10.1. The minimum absolute atomic E-state index is 0.736. The third-order valence-corrected chi connectivity index (χ3v) is 5.30. The Balaban J connectivity index is 3.53. The van der Waals surface area contributed by atoms with Crippen LogP contribution >= 0.6 is 11.8 Å². The summed E-state index contributed by atoms with van der Waals surface area (Å²) in [5, 5.41) is 4.47. The quantitative estimate of drug-likeness (QED) is 0.415. The SMILES string of the molecule is CCCCCCCCCC(CSC(C)CC)NCC. The van der Waals surface area contributed by atoms with Gasteiger partial charge in [0, 0.05) is 17.0 Å². The van der Waals surface area contributed by atoms with E-state index in [0.717, 1.165) is 17.8 Å². The predicted molar refractivity (Wildman–Crippen MR) is 92.3 cm³/mol. The largest absolute Gasteiger partial charge is 0.313 e. The van der Waals surface area contributed by atoms with Gasteiger partial charge < -0.3 is 5.32 Å². The van der Waals surface area contributed by atoms with Crippen LogP contribution in [0.15, 0.2) is 0 Å². The molecule has 0 radical (unpaired) electrons. The Hall–Kier alpha value is 0.310. The highest BCUT2D eigenvalue weighted by molar-refractivity contribution is 7.99. The van der Waals surface area contributed by atoms with Crippen LogP contribution in [0.5, 0.6) is 0 Å². The van der Waals surface area contributed by atoms with Crippen molar-refractivity contribution >= 4 is 11.8 Å². The minimum Gasteiger partial charge on any atom is -0.313 e. The molecule has 0 rings (SSSR count). The lowest BCUT2D eigenvalue weighted by Gasteiger charge is -2.19. The number of rotatable bonds is 14. The van der Waals surface area contributed by atoms with E-state index in [9.17, 15) is 0 Å². The molecule has 0 aromatic carbocycles. The zero-order chi connectivity index (χ0) is 14.3. The molecule has 2 atom stereocenters. The first-order chi connectivity index (χ1) is 9.24. The maximum absolute atomic E-state index is 3.65. The van der Waals surface area contributed by atoms with Crippen molar-refractivity contribution in [3.63, 3.8) is 0 Å². The fourth-order valence-corrected chi connectivity index (χ4v) is 3.36. The van der Waals surface area contributed by atoms with Gasteiger partial charge in [0.25, 0.3) is 0 Å². The second-order valence-electron chi connectivity index (χ2n) is 5.72. The van der Waals surface area contributed by atoms with Gasteiger partial charge in [-0.2, -0.15) is 11.8 Å². The highest BCUT2D eigenvalue weighted by Crippen LogP contribution is 2.17. The molecule has 0 saturated carbocycles. The first-order valence-corrected chi connectivity index (χ1v) is 9.64. The average Bonchev–Trinajstić information content (AvgIpc) is 2.43. The van der Waals surface area contributed by atoms with Crippen LogP contribution in [-0.4, -0.2) is 23.6 Å². The molecule has 1 N–H and O–H groups in total. The molecule has 0 fully saturated rings. The molecule has 0 spiro atoms. The molecular weight excluding hydrogens is 250 g/mol. The molecule has 116 valence electrons. The summed E-state index contributed by atoms with van der Waals surface area (Å²) in [6, 6.07) is 0.736. The van der Waals surface area contributed by atoms with E-state index in [0.29, 0.717) is 0 Å². The third-order valence-electron chi connectivity index (χ3n) is 3.81. The van der Waals surface area contributed by atoms with Gasteiger partial charge in [-0.05, 0) is 19.4 Å². The van der Waals surface area contributed by atoms with Crippen LogP contribution in [0, 0.1) is 0 Å². The summed E-state index contributed by atoms with van der Waals surface area (Å²) in [6.07, 6.45) is 12.6. The molecule has 2 heteroatoms. The zero-order valence-electron chi connectivity index (χ0n) is 13.8. The molecule has 19 heavy (non-hydrogen) atoms. The number of unbranched alkanes of at least 4 members (excludes halogenated alkanes) is 6.